The first-order valence-electron chi connectivity index (χ1n) is 16.2. The number of anilines is 1. The summed E-state index contributed by atoms with van der Waals surface area (Å²) >= 11 is 5.35. The van der Waals surface area contributed by atoms with Gasteiger partial charge in [0.2, 0.25) is 10.0 Å². The van der Waals surface area contributed by atoms with Gasteiger partial charge in [-0.1, -0.05) is 91.0 Å². The summed E-state index contributed by atoms with van der Waals surface area (Å²) in [5, 5.41) is 5.74. The summed E-state index contributed by atoms with van der Waals surface area (Å²) < 4.78 is 34.5. The maximum absolute atomic E-state index is 13.6. The Bertz CT molecular complexity index is 1890. The number of piperazine rings is 1. The second-order valence-corrected chi connectivity index (χ2v) is 14.1. The molecule has 0 aliphatic carbocycles. The van der Waals surface area contributed by atoms with E-state index in [-0.39, 0.29) is 22.0 Å². The van der Waals surface area contributed by atoms with Gasteiger partial charge in [-0.05, 0) is 77.4 Å². The molecule has 5 aromatic carbocycles. The van der Waals surface area contributed by atoms with Gasteiger partial charge in [-0.15, -0.1) is 0 Å². The van der Waals surface area contributed by atoms with E-state index in [2.05, 4.69) is 51.9 Å². The number of carbonyl (C=O) groups is 1. The molecule has 8 nitrogen and oxygen atoms in total. The van der Waals surface area contributed by atoms with Crippen molar-refractivity contribution in [3.8, 4) is 5.75 Å². The molecule has 1 aliphatic heterocycles. The number of sulfonamides is 1. The van der Waals surface area contributed by atoms with Gasteiger partial charge in [-0.3, -0.25) is 15.0 Å². The SMILES string of the molecule is O=C(NC(=S)Nc1ccc(S(=O)(=O)N2CCN(C(c3ccccc3)c3ccccc3)CC2)cc1)c1ccc(OCCc2ccccc2)cc1. The second kappa shape index (κ2) is 16.0. The first-order valence-corrected chi connectivity index (χ1v) is 18.0. The molecule has 10 heteroatoms. The lowest BCUT2D eigenvalue weighted by Crippen LogP contribution is -2.49. The number of benzene rings is 5. The Balaban J connectivity index is 0.997. The first-order chi connectivity index (χ1) is 23.9. The number of thiocarbonyl (C=S) groups is 1. The summed E-state index contributed by atoms with van der Waals surface area (Å²) in [6.45, 7) is 2.51. The molecule has 250 valence electrons. The molecule has 1 aliphatic rings. The lowest BCUT2D eigenvalue weighted by molar-refractivity contribution is 0.0977. The van der Waals surface area contributed by atoms with Gasteiger partial charge in [0.05, 0.1) is 17.5 Å². The minimum absolute atomic E-state index is 0.0467. The highest BCUT2D eigenvalue weighted by molar-refractivity contribution is 7.89. The normalized spacial score (nSPS) is 13.9. The molecule has 1 heterocycles. The second-order valence-electron chi connectivity index (χ2n) is 11.7. The van der Waals surface area contributed by atoms with Gasteiger partial charge in [0.1, 0.15) is 5.75 Å². The van der Waals surface area contributed by atoms with Crippen molar-refractivity contribution in [2.24, 2.45) is 0 Å². The van der Waals surface area contributed by atoms with Crippen molar-refractivity contribution >= 4 is 38.9 Å². The Morgan fingerprint density at radius 3 is 1.84 bits per heavy atom. The maximum atomic E-state index is 13.6. The molecular weight excluding hydrogens is 653 g/mol. The predicted molar refractivity (Wildman–Crippen MR) is 197 cm³/mol. The zero-order valence-electron chi connectivity index (χ0n) is 26.9. The van der Waals surface area contributed by atoms with E-state index >= 15 is 0 Å². The molecule has 1 saturated heterocycles. The molecule has 0 aromatic heterocycles. The quantitative estimate of drug-likeness (QED) is 0.152. The van der Waals surface area contributed by atoms with E-state index in [4.69, 9.17) is 17.0 Å². The highest BCUT2D eigenvalue weighted by Crippen LogP contribution is 2.30. The topological polar surface area (TPSA) is 91.0 Å². The number of nitrogens with zero attached hydrogens (tertiary/aromatic N) is 2. The van der Waals surface area contributed by atoms with Crippen LogP contribution in [-0.2, 0) is 16.4 Å². The largest absolute Gasteiger partial charge is 0.493 e. The summed E-state index contributed by atoms with van der Waals surface area (Å²) in [5.74, 6) is 0.308. The maximum Gasteiger partial charge on any atom is 0.257 e. The molecule has 1 fully saturated rings. The van der Waals surface area contributed by atoms with Crippen molar-refractivity contribution in [3.63, 3.8) is 0 Å². The van der Waals surface area contributed by atoms with Gasteiger partial charge in [0.15, 0.2) is 5.11 Å². The van der Waals surface area contributed by atoms with E-state index < -0.39 is 10.0 Å². The van der Waals surface area contributed by atoms with Crippen LogP contribution in [0.25, 0.3) is 0 Å². The molecule has 0 saturated carbocycles. The van der Waals surface area contributed by atoms with E-state index in [0.717, 1.165) is 6.42 Å². The van der Waals surface area contributed by atoms with Crippen molar-refractivity contribution in [1.82, 2.24) is 14.5 Å². The van der Waals surface area contributed by atoms with Crippen molar-refractivity contribution in [3.05, 3.63) is 162 Å². The van der Waals surface area contributed by atoms with Crippen molar-refractivity contribution in [1.29, 1.82) is 0 Å². The number of ether oxygens (including phenoxy) is 1. The summed E-state index contributed by atoms with van der Waals surface area (Å²) in [4.78, 5) is 15.3. The van der Waals surface area contributed by atoms with Crippen molar-refractivity contribution < 1.29 is 17.9 Å². The molecule has 1 amide bonds. The highest BCUT2D eigenvalue weighted by atomic mass is 32.2. The van der Waals surface area contributed by atoms with Crippen LogP contribution in [0.3, 0.4) is 0 Å². The Morgan fingerprint density at radius 2 is 1.27 bits per heavy atom. The van der Waals surface area contributed by atoms with Crippen molar-refractivity contribution in [2.45, 2.75) is 17.4 Å². The van der Waals surface area contributed by atoms with Crippen LogP contribution >= 0.6 is 12.2 Å². The zero-order chi connectivity index (χ0) is 34.1. The molecule has 0 unspecified atom stereocenters. The molecule has 6 rings (SSSR count). The lowest BCUT2D eigenvalue weighted by atomic mass is 9.96. The zero-order valence-corrected chi connectivity index (χ0v) is 28.6. The standard InChI is InChI=1S/C39H38N4O4S2/c44-38(33-16-20-35(21-17-33)47-29-24-30-10-4-1-5-11-30)41-39(48)40-34-18-22-36(23-19-34)49(45,46)43-27-25-42(26-28-43)37(31-12-6-2-7-13-31)32-14-8-3-9-15-32/h1-23,37H,24-29H2,(H2,40,41,44,48). The van der Waals surface area contributed by atoms with Gasteiger partial charge in [0.25, 0.3) is 5.91 Å². The van der Waals surface area contributed by atoms with Gasteiger partial charge in [-0.2, -0.15) is 4.31 Å². The van der Waals surface area contributed by atoms with E-state index in [0.29, 0.717) is 49.8 Å². The fourth-order valence-electron chi connectivity index (χ4n) is 5.92. The predicted octanol–water partition coefficient (Wildman–Crippen LogP) is 6.53. The van der Waals surface area contributed by atoms with E-state index in [1.54, 1.807) is 52.8 Å². The number of amides is 1. The van der Waals surface area contributed by atoms with Gasteiger partial charge >= 0.3 is 0 Å². The molecule has 2 N–H and O–H groups in total. The molecule has 0 atom stereocenters. The number of rotatable bonds is 11. The monoisotopic (exact) mass is 690 g/mol. The summed E-state index contributed by atoms with van der Waals surface area (Å²) in [7, 11) is -3.70. The fraction of sp³-hybridized carbons (Fsp3) is 0.179. The molecule has 49 heavy (non-hydrogen) atoms. The number of hydrogen-bond donors (Lipinski definition) is 2. The first kappa shape index (κ1) is 34.0. The van der Waals surface area contributed by atoms with Gasteiger partial charge < -0.3 is 10.1 Å². The van der Waals surface area contributed by atoms with Crippen LogP contribution in [0.1, 0.15) is 33.1 Å². The third kappa shape index (κ3) is 8.79. The highest BCUT2D eigenvalue weighted by Gasteiger charge is 2.32. The number of hydrogen-bond acceptors (Lipinski definition) is 6. The third-order valence-electron chi connectivity index (χ3n) is 8.46. The van der Waals surface area contributed by atoms with Crippen LogP contribution in [0.4, 0.5) is 5.69 Å². The average Bonchev–Trinajstić information content (AvgIpc) is 3.14. The van der Waals surface area contributed by atoms with Crippen molar-refractivity contribution in [2.75, 3.05) is 38.1 Å². The Hall–Kier alpha value is -4.87. The minimum Gasteiger partial charge on any atom is -0.493 e. The third-order valence-corrected chi connectivity index (χ3v) is 10.6. The summed E-state index contributed by atoms with van der Waals surface area (Å²) in [5.41, 5.74) is 4.55. The Morgan fingerprint density at radius 1 is 0.714 bits per heavy atom. The smallest absolute Gasteiger partial charge is 0.257 e. The Labute approximate surface area is 293 Å². The van der Waals surface area contributed by atoms with Crippen LogP contribution in [0.15, 0.2) is 144 Å². The summed E-state index contributed by atoms with van der Waals surface area (Å²) in [6, 6.07) is 44.0. The van der Waals surface area contributed by atoms with Crippen LogP contribution in [0, 0.1) is 0 Å². The lowest BCUT2D eigenvalue weighted by Gasteiger charge is -2.39. The van der Waals surface area contributed by atoms with E-state index in [9.17, 15) is 13.2 Å². The van der Waals surface area contributed by atoms with Crippen LogP contribution in [-0.4, -0.2) is 61.4 Å². The van der Waals surface area contributed by atoms with Crippen LogP contribution in [0.5, 0.6) is 5.75 Å². The number of carbonyl (C=O) groups excluding carboxylic acids is 1. The molecule has 0 radical (unpaired) electrons. The average molecular weight is 691 g/mol. The minimum atomic E-state index is -3.70. The Kier molecular flexibility index (Phi) is 11.1. The molecule has 5 aromatic rings. The fourth-order valence-corrected chi connectivity index (χ4v) is 7.55. The van der Waals surface area contributed by atoms with Crippen LogP contribution < -0.4 is 15.4 Å². The molecule has 0 bridgehead atoms. The van der Waals surface area contributed by atoms with Gasteiger partial charge in [-0.25, -0.2) is 8.42 Å². The number of nitrogens with one attached hydrogen (secondary N) is 2. The van der Waals surface area contributed by atoms with Gasteiger partial charge in [0, 0.05) is 43.9 Å². The molecular formula is C39H38N4O4S2. The summed E-state index contributed by atoms with van der Waals surface area (Å²) in [6.07, 6.45) is 0.789. The molecule has 0 spiro atoms. The van der Waals surface area contributed by atoms with E-state index in [1.807, 2.05) is 54.6 Å². The van der Waals surface area contributed by atoms with E-state index in [1.165, 1.54) is 16.7 Å². The van der Waals surface area contributed by atoms with Crippen LogP contribution in [0.2, 0.25) is 0 Å².